The summed E-state index contributed by atoms with van der Waals surface area (Å²) in [5.74, 6) is 0.767. The first kappa shape index (κ1) is 19.5. The van der Waals surface area contributed by atoms with Crippen LogP contribution in [0.4, 0.5) is 5.13 Å². The van der Waals surface area contributed by atoms with E-state index in [1.165, 1.54) is 0 Å². The number of rotatable bonds is 6. The summed E-state index contributed by atoms with van der Waals surface area (Å²) >= 11 is 7.55. The molecule has 5 aromatic rings. The van der Waals surface area contributed by atoms with Crippen LogP contribution >= 0.6 is 22.9 Å². The van der Waals surface area contributed by atoms with Crippen molar-refractivity contribution in [3.05, 3.63) is 101 Å². The Labute approximate surface area is 188 Å². The molecule has 0 atom stereocenters. The zero-order valence-corrected chi connectivity index (χ0v) is 18.0. The van der Waals surface area contributed by atoms with Crippen molar-refractivity contribution >= 4 is 55.3 Å². The molecule has 4 aromatic carbocycles. The summed E-state index contributed by atoms with van der Waals surface area (Å²) in [5, 5.41) is 8.13. The normalized spacial score (nSPS) is 11.4. The minimum atomic E-state index is 0.446. The van der Waals surface area contributed by atoms with Gasteiger partial charge < -0.3 is 4.74 Å². The van der Waals surface area contributed by atoms with Crippen LogP contribution in [0.3, 0.4) is 0 Å². The Morgan fingerprint density at radius 3 is 2.61 bits per heavy atom. The Kier molecular flexibility index (Phi) is 5.52. The highest BCUT2D eigenvalue weighted by Crippen LogP contribution is 2.28. The Morgan fingerprint density at radius 1 is 0.935 bits per heavy atom. The maximum Gasteiger partial charge on any atom is 0.204 e. The number of ether oxygens (including phenoxy) is 1. The van der Waals surface area contributed by atoms with Crippen molar-refractivity contribution in [3.63, 3.8) is 0 Å². The number of aromatic nitrogens is 1. The molecule has 0 bridgehead atoms. The number of nitrogens with one attached hydrogen (secondary N) is 1. The lowest BCUT2D eigenvalue weighted by atomic mass is 10.0. The van der Waals surface area contributed by atoms with Crippen LogP contribution in [-0.2, 0) is 6.61 Å². The molecule has 1 heterocycles. The molecule has 152 valence electrons. The van der Waals surface area contributed by atoms with Gasteiger partial charge >= 0.3 is 0 Å². The highest BCUT2D eigenvalue weighted by atomic mass is 35.5. The molecule has 0 aliphatic carbocycles. The van der Waals surface area contributed by atoms with Crippen LogP contribution in [0.25, 0.3) is 21.0 Å². The third-order valence-corrected chi connectivity index (χ3v) is 6.08. The minimum Gasteiger partial charge on any atom is -0.488 e. The molecule has 6 heteroatoms. The Bertz CT molecular complexity index is 1350. The first-order valence-corrected chi connectivity index (χ1v) is 11.0. The molecular weight excluding hydrogens is 426 g/mol. The van der Waals surface area contributed by atoms with Gasteiger partial charge in [-0.05, 0) is 46.7 Å². The molecule has 0 amide bonds. The van der Waals surface area contributed by atoms with Crippen LogP contribution in [-0.4, -0.2) is 11.2 Å². The fraction of sp³-hybridized carbons (Fsp3) is 0.0400. The fourth-order valence-corrected chi connectivity index (χ4v) is 4.29. The molecule has 0 fully saturated rings. The topological polar surface area (TPSA) is 46.5 Å². The largest absolute Gasteiger partial charge is 0.488 e. The quantitative estimate of drug-likeness (QED) is 0.224. The van der Waals surface area contributed by atoms with Crippen molar-refractivity contribution in [1.29, 1.82) is 0 Å². The molecule has 0 aliphatic heterocycles. The molecule has 0 aliphatic rings. The van der Waals surface area contributed by atoms with Crippen LogP contribution in [0.15, 0.2) is 90.0 Å². The van der Waals surface area contributed by atoms with Crippen molar-refractivity contribution in [2.24, 2.45) is 5.10 Å². The predicted molar refractivity (Wildman–Crippen MR) is 131 cm³/mol. The van der Waals surface area contributed by atoms with Gasteiger partial charge in [0.15, 0.2) is 0 Å². The molecule has 31 heavy (non-hydrogen) atoms. The minimum absolute atomic E-state index is 0.446. The van der Waals surface area contributed by atoms with Crippen LogP contribution in [0, 0.1) is 0 Å². The number of hydrogen-bond donors (Lipinski definition) is 1. The first-order valence-electron chi connectivity index (χ1n) is 9.80. The van der Waals surface area contributed by atoms with Crippen LogP contribution in [0.1, 0.15) is 11.1 Å². The molecule has 0 saturated heterocycles. The van der Waals surface area contributed by atoms with E-state index in [4.69, 9.17) is 16.3 Å². The van der Waals surface area contributed by atoms with Crippen molar-refractivity contribution < 1.29 is 4.74 Å². The van der Waals surface area contributed by atoms with Crippen LogP contribution < -0.4 is 10.2 Å². The van der Waals surface area contributed by atoms with Gasteiger partial charge in [0.2, 0.25) is 5.13 Å². The smallest absolute Gasteiger partial charge is 0.204 e. The summed E-state index contributed by atoms with van der Waals surface area (Å²) in [6, 6.07) is 27.9. The second kappa shape index (κ2) is 8.76. The van der Waals surface area contributed by atoms with Crippen LogP contribution in [0.2, 0.25) is 5.02 Å². The van der Waals surface area contributed by atoms with Crippen LogP contribution in [0.5, 0.6) is 5.75 Å². The zero-order valence-electron chi connectivity index (χ0n) is 16.5. The maximum atomic E-state index is 6.15. The van der Waals surface area contributed by atoms with E-state index in [1.54, 1.807) is 17.6 Å². The van der Waals surface area contributed by atoms with Gasteiger partial charge in [-0.15, -0.1) is 0 Å². The van der Waals surface area contributed by atoms with Crippen molar-refractivity contribution in [2.75, 3.05) is 5.43 Å². The average molecular weight is 444 g/mol. The summed E-state index contributed by atoms with van der Waals surface area (Å²) in [6.45, 7) is 0.446. The Hall–Kier alpha value is -3.41. The number of benzene rings is 4. The number of anilines is 1. The van der Waals surface area contributed by atoms with Gasteiger partial charge in [-0.3, -0.25) is 5.43 Å². The molecule has 0 saturated carbocycles. The lowest BCUT2D eigenvalue weighted by molar-refractivity contribution is 0.306. The zero-order chi connectivity index (χ0) is 21.0. The van der Waals surface area contributed by atoms with Gasteiger partial charge in [0, 0.05) is 10.6 Å². The maximum absolute atomic E-state index is 6.15. The third kappa shape index (κ3) is 4.38. The highest BCUT2D eigenvalue weighted by Gasteiger charge is 2.08. The van der Waals surface area contributed by atoms with E-state index in [0.29, 0.717) is 11.6 Å². The molecular formula is C25H18ClN3OS. The van der Waals surface area contributed by atoms with E-state index in [2.05, 4.69) is 39.8 Å². The van der Waals surface area contributed by atoms with Crippen molar-refractivity contribution in [2.45, 2.75) is 6.61 Å². The molecule has 1 N–H and O–H groups in total. The van der Waals surface area contributed by atoms with E-state index in [9.17, 15) is 0 Å². The van der Waals surface area contributed by atoms with Crippen molar-refractivity contribution in [3.8, 4) is 5.75 Å². The van der Waals surface area contributed by atoms with Gasteiger partial charge in [-0.2, -0.15) is 5.10 Å². The summed E-state index contributed by atoms with van der Waals surface area (Å²) < 4.78 is 7.27. The molecule has 0 spiro atoms. The lowest BCUT2D eigenvalue weighted by Gasteiger charge is -2.12. The number of thiazole rings is 1. The van der Waals surface area contributed by atoms with Gasteiger partial charge in [0.05, 0.1) is 16.4 Å². The number of nitrogens with zero attached hydrogens (tertiary/aromatic N) is 2. The van der Waals surface area contributed by atoms with E-state index < -0.39 is 0 Å². The van der Waals surface area contributed by atoms with E-state index in [-0.39, 0.29) is 0 Å². The number of para-hydroxylation sites is 1. The molecule has 1 aromatic heterocycles. The SMILES string of the molecule is Clc1ccc(COc2ccc3ccccc3c2/C=N/Nc2nc3ccccc3s2)cc1. The van der Waals surface area contributed by atoms with E-state index >= 15 is 0 Å². The van der Waals surface area contributed by atoms with Crippen molar-refractivity contribution in [1.82, 2.24) is 4.98 Å². The number of hydrazone groups is 1. The summed E-state index contributed by atoms with van der Waals surface area (Å²) in [4.78, 5) is 4.56. The summed E-state index contributed by atoms with van der Waals surface area (Å²) in [7, 11) is 0. The van der Waals surface area contributed by atoms with E-state index in [1.807, 2.05) is 60.7 Å². The molecule has 5 rings (SSSR count). The number of fused-ring (bicyclic) bond motifs is 2. The summed E-state index contributed by atoms with van der Waals surface area (Å²) in [6.07, 6.45) is 1.80. The number of halogens is 1. The van der Waals surface area contributed by atoms with Gasteiger partial charge in [0.25, 0.3) is 0 Å². The molecule has 0 unspecified atom stereocenters. The van der Waals surface area contributed by atoms with E-state index in [0.717, 1.165) is 43.0 Å². The average Bonchev–Trinajstić information content (AvgIpc) is 3.22. The first-order chi connectivity index (χ1) is 15.3. The Morgan fingerprint density at radius 2 is 1.74 bits per heavy atom. The second-order valence-corrected chi connectivity index (χ2v) is 8.44. The lowest BCUT2D eigenvalue weighted by Crippen LogP contribution is -2.00. The van der Waals surface area contributed by atoms with Gasteiger partial charge in [-0.1, -0.05) is 77.5 Å². The fourth-order valence-electron chi connectivity index (χ4n) is 3.35. The highest BCUT2D eigenvalue weighted by molar-refractivity contribution is 7.22. The monoisotopic (exact) mass is 443 g/mol. The standard InChI is InChI=1S/C25H18ClN3OS/c26-19-12-9-17(10-13-19)16-30-23-14-11-18-5-1-2-6-20(18)21(23)15-27-29-25-28-22-7-3-4-8-24(22)31-25/h1-15H,16H2,(H,28,29)/b27-15+. The second-order valence-electron chi connectivity index (χ2n) is 6.97. The number of hydrogen-bond acceptors (Lipinski definition) is 5. The Balaban J connectivity index is 1.42. The predicted octanol–water partition coefficient (Wildman–Crippen LogP) is 7.13. The third-order valence-electron chi connectivity index (χ3n) is 4.89. The molecule has 4 nitrogen and oxygen atoms in total. The van der Waals surface area contributed by atoms with Gasteiger partial charge in [-0.25, -0.2) is 4.98 Å². The van der Waals surface area contributed by atoms with Gasteiger partial charge in [0.1, 0.15) is 12.4 Å². The summed E-state index contributed by atoms with van der Waals surface area (Å²) in [5.41, 5.74) is 5.99. The molecule has 0 radical (unpaired) electrons.